The first-order valence-corrected chi connectivity index (χ1v) is 8.11. The first kappa shape index (κ1) is 14.3. The molecule has 0 saturated carbocycles. The zero-order chi connectivity index (χ0) is 13.7. The highest BCUT2D eigenvalue weighted by molar-refractivity contribution is 7.89. The molecular formula is C13H21N3O2S. The summed E-state index contributed by atoms with van der Waals surface area (Å²) >= 11 is 0. The maximum Gasteiger partial charge on any atom is 0.240 e. The predicted molar refractivity (Wildman–Crippen MR) is 76.8 cm³/mol. The summed E-state index contributed by atoms with van der Waals surface area (Å²) in [6.07, 6.45) is 3.31. The molecule has 0 aliphatic carbocycles. The Morgan fingerprint density at radius 2 is 2.11 bits per heavy atom. The normalized spacial score (nSPS) is 20.8. The highest BCUT2D eigenvalue weighted by Crippen LogP contribution is 2.18. The van der Waals surface area contributed by atoms with Gasteiger partial charge in [-0.1, -0.05) is 6.07 Å². The Morgan fingerprint density at radius 1 is 1.26 bits per heavy atom. The van der Waals surface area contributed by atoms with Gasteiger partial charge in [-0.15, -0.1) is 0 Å². The SMILES string of the molecule is CNS(=O)(=O)c1cccc(NC2CCCNCC2)c1. The van der Waals surface area contributed by atoms with E-state index >= 15 is 0 Å². The van der Waals surface area contributed by atoms with Crippen molar-refractivity contribution in [3.8, 4) is 0 Å². The van der Waals surface area contributed by atoms with Gasteiger partial charge in [0.2, 0.25) is 10.0 Å². The summed E-state index contributed by atoms with van der Waals surface area (Å²) in [6, 6.07) is 7.37. The van der Waals surface area contributed by atoms with Gasteiger partial charge in [0, 0.05) is 11.7 Å². The molecule has 0 amide bonds. The molecule has 0 spiro atoms. The van der Waals surface area contributed by atoms with Gasteiger partial charge >= 0.3 is 0 Å². The third-order valence-corrected chi connectivity index (χ3v) is 4.77. The van der Waals surface area contributed by atoms with Crippen LogP contribution in [0, 0.1) is 0 Å². The van der Waals surface area contributed by atoms with Crippen molar-refractivity contribution in [1.82, 2.24) is 10.0 Å². The molecule has 3 N–H and O–H groups in total. The van der Waals surface area contributed by atoms with Gasteiger partial charge in [-0.2, -0.15) is 0 Å². The third kappa shape index (κ3) is 3.92. The van der Waals surface area contributed by atoms with Crippen LogP contribution in [0.2, 0.25) is 0 Å². The zero-order valence-electron chi connectivity index (χ0n) is 11.1. The van der Waals surface area contributed by atoms with E-state index in [9.17, 15) is 8.42 Å². The Balaban J connectivity index is 2.10. The third-order valence-electron chi connectivity index (χ3n) is 3.36. The Kier molecular flexibility index (Phi) is 4.79. The lowest BCUT2D eigenvalue weighted by Crippen LogP contribution is -2.22. The molecular weight excluding hydrogens is 262 g/mol. The van der Waals surface area contributed by atoms with Gasteiger partial charge in [-0.05, 0) is 57.6 Å². The minimum absolute atomic E-state index is 0.298. The molecule has 1 aromatic carbocycles. The fourth-order valence-electron chi connectivity index (χ4n) is 2.27. The first-order chi connectivity index (χ1) is 9.12. The molecule has 1 aliphatic rings. The zero-order valence-corrected chi connectivity index (χ0v) is 12.0. The van der Waals surface area contributed by atoms with Crippen LogP contribution in [0.4, 0.5) is 5.69 Å². The standard InChI is InChI=1S/C13H21N3O2S/c1-14-19(17,18)13-6-2-4-12(10-13)16-11-5-3-8-15-9-7-11/h2,4,6,10-11,14-16H,3,5,7-9H2,1H3. The van der Waals surface area contributed by atoms with Gasteiger partial charge < -0.3 is 10.6 Å². The molecule has 106 valence electrons. The van der Waals surface area contributed by atoms with Gasteiger partial charge in [0.1, 0.15) is 0 Å². The van der Waals surface area contributed by atoms with E-state index in [0.717, 1.165) is 38.0 Å². The predicted octanol–water partition coefficient (Wildman–Crippen LogP) is 1.15. The molecule has 6 heteroatoms. The lowest BCUT2D eigenvalue weighted by Gasteiger charge is -2.17. The molecule has 0 aromatic heterocycles. The van der Waals surface area contributed by atoms with Crippen LogP contribution in [0.1, 0.15) is 19.3 Å². The van der Waals surface area contributed by atoms with Crippen LogP contribution in [0.15, 0.2) is 29.2 Å². The van der Waals surface area contributed by atoms with Crippen LogP contribution >= 0.6 is 0 Å². The maximum atomic E-state index is 11.8. The molecule has 1 heterocycles. The minimum Gasteiger partial charge on any atom is -0.382 e. The fourth-order valence-corrected chi connectivity index (χ4v) is 3.05. The molecule has 1 atom stereocenters. The molecule has 1 fully saturated rings. The summed E-state index contributed by atoms with van der Waals surface area (Å²) in [5.74, 6) is 0. The van der Waals surface area contributed by atoms with Crippen molar-refractivity contribution in [3.05, 3.63) is 24.3 Å². The molecule has 2 rings (SSSR count). The Labute approximate surface area is 114 Å². The maximum absolute atomic E-state index is 11.8. The first-order valence-electron chi connectivity index (χ1n) is 6.63. The van der Waals surface area contributed by atoms with Crippen LogP contribution in [0.5, 0.6) is 0 Å². The van der Waals surface area contributed by atoms with Crippen molar-refractivity contribution in [1.29, 1.82) is 0 Å². The highest BCUT2D eigenvalue weighted by Gasteiger charge is 2.14. The van der Waals surface area contributed by atoms with E-state index < -0.39 is 10.0 Å². The lowest BCUT2D eigenvalue weighted by molar-refractivity contribution is 0.588. The van der Waals surface area contributed by atoms with E-state index in [1.54, 1.807) is 18.2 Å². The summed E-state index contributed by atoms with van der Waals surface area (Å²) in [5, 5.41) is 6.79. The largest absolute Gasteiger partial charge is 0.382 e. The summed E-state index contributed by atoms with van der Waals surface area (Å²) in [5.41, 5.74) is 0.864. The van der Waals surface area contributed by atoms with Gasteiger partial charge in [0.25, 0.3) is 0 Å². The topological polar surface area (TPSA) is 70.2 Å². The van der Waals surface area contributed by atoms with Crippen LogP contribution < -0.4 is 15.4 Å². The Hall–Kier alpha value is -1.11. The van der Waals surface area contributed by atoms with E-state index in [2.05, 4.69) is 15.4 Å². The Morgan fingerprint density at radius 3 is 2.89 bits per heavy atom. The second-order valence-corrected chi connectivity index (χ2v) is 6.64. The monoisotopic (exact) mass is 283 g/mol. The van der Waals surface area contributed by atoms with Crippen LogP contribution in [-0.2, 0) is 10.0 Å². The molecule has 1 aliphatic heterocycles. The minimum atomic E-state index is -3.37. The molecule has 0 bridgehead atoms. The average molecular weight is 283 g/mol. The fraction of sp³-hybridized carbons (Fsp3) is 0.538. The van der Waals surface area contributed by atoms with Crippen molar-refractivity contribution in [2.24, 2.45) is 0 Å². The smallest absolute Gasteiger partial charge is 0.240 e. The van der Waals surface area contributed by atoms with Crippen molar-refractivity contribution in [2.45, 2.75) is 30.2 Å². The van der Waals surface area contributed by atoms with Crippen LogP contribution in [-0.4, -0.2) is 34.6 Å². The summed E-state index contributed by atoms with van der Waals surface area (Å²) < 4.78 is 25.8. The number of sulfonamides is 1. The molecule has 1 unspecified atom stereocenters. The van der Waals surface area contributed by atoms with Gasteiger partial charge in [-0.25, -0.2) is 13.1 Å². The number of nitrogens with one attached hydrogen (secondary N) is 3. The summed E-state index contributed by atoms with van der Waals surface area (Å²) in [6.45, 7) is 2.07. The van der Waals surface area contributed by atoms with Crippen molar-refractivity contribution in [3.63, 3.8) is 0 Å². The number of rotatable bonds is 4. The summed E-state index contributed by atoms with van der Waals surface area (Å²) in [4.78, 5) is 0.298. The van der Waals surface area contributed by atoms with E-state index in [1.807, 2.05) is 6.07 Å². The Bertz CT molecular complexity index is 508. The van der Waals surface area contributed by atoms with E-state index in [-0.39, 0.29) is 0 Å². The average Bonchev–Trinajstić information content (AvgIpc) is 2.68. The molecule has 19 heavy (non-hydrogen) atoms. The number of anilines is 1. The highest BCUT2D eigenvalue weighted by atomic mass is 32.2. The number of benzene rings is 1. The number of hydrogen-bond donors (Lipinski definition) is 3. The summed E-state index contributed by atoms with van der Waals surface area (Å²) in [7, 11) is -1.95. The molecule has 1 saturated heterocycles. The van der Waals surface area contributed by atoms with Crippen LogP contribution in [0.25, 0.3) is 0 Å². The van der Waals surface area contributed by atoms with E-state index in [4.69, 9.17) is 0 Å². The second-order valence-electron chi connectivity index (χ2n) is 4.76. The van der Waals surface area contributed by atoms with Gasteiger partial charge in [0.05, 0.1) is 4.90 Å². The van der Waals surface area contributed by atoms with Gasteiger partial charge in [-0.3, -0.25) is 0 Å². The molecule has 1 aromatic rings. The van der Waals surface area contributed by atoms with Gasteiger partial charge in [0.15, 0.2) is 0 Å². The quantitative estimate of drug-likeness (QED) is 0.775. The van der Waals surface area contributed by atoms with Crippen molar-refractivity contribution < 1.29 is 8.42 Å². The lowest BCUT2D eigenvalue weighted by atomic mass is 10.1. The molecule has 0 radical (unpaired) electrons. The number of hydrogen-bond acceptors (Lipinski definition) is 4. The molecule has 5 nitrogen and oxygen atoms in total. The second kappa shape index (κ2) is 6.36. The van der Waals surface area contributed by atoms with Crippen molar-refractivity contribution in [2.75, 3.05) is 25.5 Å². The van der Waals surface area contributed by atoms with Crippen LogP contribution in [0.3, 0.4) is 0 Å². The van der Waals surface area contributed by atoms with E-state index in [0.29, 0.717) is 10.9 Å². The van der Waals surface area contributed by atoms with E-state index in [1.165, 1.54) is 7.05 Å². The van der Waals surface area contributed by atoms with Crippen molar-refractivity contribution >= 4 is 15.7 Å².